The number of carbonyl (C=O) groups is 1. The second-order valence-electron chi connectivity index (χ2n) is 8.01. The van der Waals surface area contributed by atoms with E-state index in [0.717, 1.165) is 17.8 Å². The van der Waals surface area contributed by atoms with Gasteiger partial charge in [-0.25, -0.2) is 12.8 Å². The molecule has 9 heteroatoms. The fourth-order valence-corrected chi connectivity index (χ4v) is 3.81. The Kier molecular flexibility index (Phi) is 5.41. The number of anilines is 1. The summed E-state index contributed by atoms with van der Waals surface area (Å²) in [5.41, 5.74) is 0.459. The molecular weight excluding hydrogens is 383 g/mol. The van der Waals surface area contributed by atoms with Gasteiger partial charge in [0.25, 0.3) is 0 Å². The Labute approximate surface area is 164 Å². The van der Waals surface area contributed by atoms with Crippen LogP contribution in [0.15, 0.2) is 29.2 Å². The highest BCUT2D eigenvalue weighted by Gasteiger charge is 2.44. The Morgan fingerprint density at radius 3 is 2.29 bits per heavy atom. The van der Waals surface area contributed by atoms with Crippen LogP contribution < -0.4 is 5.32 Å². The van der Waals surface area contributed by atoms with E-state index in [1.54, 1.807) is 19.2 Å². The zero-order valence-electron chi connectivity index (χ0n) is 16.7. The normalized spacial score (nSPS) is 12.5. The SMILES string of the molecule is Cn1nc(C(C)(C)C)cc1NC(=O)C(C)(C)S(=O)(=O)c1ccc(C#N)cc1F. The van der Waals surface area contributed by atoms with Crippen molar-refractivity contribution in [2.75, 3.05) is 5.32 Å². The molecule has 0 aliphatic rings. The van der Waals surface area contributed by atoms with Gasteiger partial charge in [-0.15, -0.1) is 0 Å². The molecule has 2 rings (SSSR count). The minimum Gasteiger partial charge on any atom is -0.310 e. The number of amides is 1. The molecule has 0 fully saturated rings. The van der Waals surface area contributed by atoms with Crippen molar-refractivity contribution in [1.29, 1.82) is 5.26 Å². The van der Waals surface area contributed by atoms with Crippen molar-refractivity contribution in [3.8, 4) is 6.07 Å². The predicted octanol–water partition coefficient (Wildman–Crippen LogP) is 2.92. The van der Waals surface area contributed by atoms with Gasteiger partial charge in [-0.3, -0.25) is 9.48 Å². The standard InChI is InChI=1S/C19H23FN4O3S/c1-18(2,3)15-10-16(24(6)23-15)22-17(25)19(4,5)28(26,27)14-8-7-12(11-21)9-13(14)20/h7-10H,1-6H3,(H,22,25). The van der Waals surface area contributed by atoms with Crippen LogP contribution in [-0.4, -0.2) is 28.9 Å². The number of aromatic nitrogens is 2. The molecule has 150 valence electrons. The molecule has 1 heterocycles. The number of nitrogens with zero attached hydrogens (tertiary/aromatic N) is 3. The van der Waals surface area contributed by atoms with Gasteiger partial charge in [0.05, 0.1) is 17.3 Å². The molecule has 0 saturated heterocycles. The lowest BCUT2D eigenvalue weighted by atomic mass is 9.92. The van der Waals surface area contributed by atoms with Crippen LogP contribution >= 0.6 is 0 Å². The molecule has 0 aliphatic carbocycles. The van der Waals surface area contributed by atoms with Crippen molar-refractivity contribution in [3.05, 3.63) is 41.3 Å². The van der Waals surface area contributed by atoms with E-state index in [2.05, 4.69) is 10.4 Å². The van der Waals surface area contributed by atoms with E-state index >= 15 is 0 Å². The van der Waals surface area contributed by atoms with Gasteiger partial charge in [-0.05, 0) is 32.0 Å². The summed E-state index contributed by atoms with van der Waals surface area (Å²) in [5, 5.41) is 15.7. The summed E-state index contributed by atoms with van der Waals surface area (Å²) in [5.74, 6) is -1.56. The summed E-state index contributed by atoms with van der Waals surface area (Å²) in [4.78, 5) is 12.2. The molecule has 0 unspecified atom stereocenters. The number of halogens is 1. The third-order valence-corrected chi connectivity index (χ3v) is 6.90. The molecule has 0 aliphatic heterocycles. The third-order valence-electron chi connectivity index (χ3n) is 4.46. The fraction of sp³-hybridized carbons (Fsp3) is 0.421. The maximum Gasteiger partial charge on any atom is 0.246 e. The average molecular weight is 406 g/mol. The highest BCUT2D eigenvalue weighted by Crippen LogP contribution is 2.30. The summed E-state index contributed by atoms with van der Waals surface area (Å²) in [7, 11) is -2.74. The van der Waals surface area contributed by atoms with Crippen LogP contribution in [0.3, 0.4) is 0 Å². The van der Waals surface area contributed by atoms with Crippen LogP contribution in [0.5, 0.6) is 0 Å². The topological polar surface area (TPSA) is 105 Å². The summed E-state index contributed by atoms with van der Waals surface area (Å²) in [6.45, 7) is 8.29. The lowest BCUT2D eigenvalue weighted by molar-refractivity contribution is -0.117. The van der Waals surface area contributed by atoms with E-state index in [1.165, 1.54) is 24.6 Å². The first-order valence-corrected chi connectivity index (χ1v) is 10.0. The van der Waals surface area contributed by atoms with E-state index in [1.807, 2.05) is 20.8 Å². The lowest BCUT2D eigenvalue weighted by Gasteiger charge is -2.24. The summed E-state index contributed by atoms with van der Waals surface area (Å²) < 4.78 is 39.7. The summed E-state index contributed by atoms with van der Waals surface area (Å²) in [6.07, 6.45) is 0. The number of benzene rings is 1. The van der Waals surface area contributed by atoms with E-state index in [4.69, 9.17) is 5.26 Å². The maximum absolute atomic E-state index is 14.3. The van der Waals surface area contributed by atoms with E-state index in [0.29, 0.717) is 5.82 Å². The Morgan fingerprint density at radius 2 is 1.82 bits per heavy atom. The highest BCUT2D eigenvalue weighted by molar-refractivity contribution is 7.93. The Hall–Kier alpha value is -2.73. The van der Waals surface area contributed by atoms with Crippen molar-refractivity contribution in [1.82, 2.24) is 9.78 Å². The number of hydrogen-bond donors (Lipinski definition) is 1. The number of hydrogen-bond acceptors (Lipinski definition) is 5. The summed E-state index contributed by atoms with van der Waals surface area (Å²) in [6, 6.07) is 6.43. The van der Waals surface area contributed by atoms with Gasteiger partial charge in [-0.2, -0.15) is 10.4 Å². The predicted molar refractivity (Wildman–Crippen MR) is 103 cm³/mol. The molecule has 0 spiro atoms. The van der Waals surface area contributed by atoms with Crippen molar-refractivity contribution >= 4 is 21.6 Å². The number of nitrogens with one attached hydrogen (secondary N) is 1. The second kappa shape index (κ2) is 7.02. The molecule has 7 nitrogen and oxygen atoms in total. The van der Waals surface area contributed by atoms with Gasteiger partial charge in [0, 0.05) is 18.5 Å². The maximum atomic E-state index is 14.3. The van der Waals surface area contributed by atoms with Crippen molar-refractivity contribution in [3.63, 3.8) is 0 Å². The number of rotatable bonds is 4. The molecule has 0 atom stereocenters. The second-order valence-corrected chi connectivity index (χ2v) is 10.5. The molecular formula is C19H23FN4O3S. The van der Waals surface area contributed by atoms with Crippen LogP contribution in [0.4, 0.5) is 10.2 Å². The Balaban J connectivity index is 2.40. The number of nitriles is 1. The Bertz CT molecular complexity index is 1070. The largest absolute Gasteiger partial charge is 0.310 e. The quantitative estimate of drug-likeness (QED) is 0.840. The number of aryl methyl sites for hydroxylation is 1. The van der Waals surface area contributed by atoms with Gasteiger partial charge in [0.1, 0.15) is 21.3 Å². The highest BCUT2D eigenvalue weighted by atomic mass is 32.2. The van der Waals surface area contributed by atoms with Crippen LogP contribution in [0, 0.1) is 17.1 Å². The molecule has 1 amide bonds. The van der Waals surface area contributed by atoms with Gasteiger partial charge in [-0.1, -0.05) is 20.8 Å². The van der Waals surface area contributed by atoms with E-state index < -0.39 is 31.2 Å². The minimum atomic E-state index is -4.37. The fourth-order valence-electron chi connectivity index (χ4n) is 2.40. The van der Waals surface area contributed by atoms with Crippen LogP contribution in [0.1, 0.15) is 45.9 Å². The van der Waals surface area contributed by atoms with Crippen molar-refractivity contribution in [2.45, 2.75) is 49.7 Å². The van der Waals surface area contributed by atoms with Crippen LogP contribution in [-0.2, 0) is 27.1 Å². The molecule has 1 N–H and O–H groups in total. The summed E-state index contributed by atoms with van der Waals surface area (Å²) >= 11 is 0. The van der Waals surface area contributed by atoms with Crippen molar-refractivity contribution < 1.29 is 17.6 Å². The molecule has 0 radical (unpaired) electrons. The number of sulfone groups is 1. The van der Waals surface area contributed by atoms with E-state index in [9.17, 15) is 17.6 Å². The van der Waals surface area contributed by atoms with Gasteiger partial charge < -0.3 is 5.32 Å². The van der Waals surface area contributed by atoms with Crippen LogP contribution in [0.25, 0.3) is 0 Å². The molecule has 0 bridgehead atoms. The zero-order valence-corrected chi connectivity index (χ0v) is 17.5. The van der Waals surface area contributed by atoms with Gasteiger partial charge in [0.2, 0.25) is 5.91 Å². The minimum absolute atomic E-state index is 0.0108. The van der Waals surface area contributed by atoms with E-state index in [-0.39, 0.29) is 11.0 Å². The first-order chi connectivity index (χ1) is 12.7. The first-order valence-electron chi connectivity index (χ1n) is 8.52. The third kappa shape index (κ3) is 3.78. The average Bonchev–Trinajstić information content (AvgIpc) is 2.95. The molecule has 28 heavy (non-hydrogen) atoms. The lowest BCUT2D eigenvalue weighted by Crippen LogP contribution is -2.45. The van der Waals surface area contributed by atoms with Gasteiger partial charge >= 0.3 is 0 Å². The molecule has 2 aromatic rings. The monoisotopic (exact) mass is 406 g/mol. The smallest absolute Gasteiger partial charge is 0.246 e. The molecule has 0 saturated carbocycles. The Morgan fingerprint density at radius 1 is 1.21 bits per heavy atom. The van der Waals surface area contributed by atoms with Crippen LogP contribution in [0.2, 0.25) is 0 Å². The van der Waals surface area contributed by atoms with Gasteiger partial charge in [0.15, 0.2) is 9.84 Å². The molecule has 1 aromatic carbocycles. The van der Waals surface area contributed by atoms with Crippen molar-refractivity contribution in [2.24, 2.45) is 7.05 Å². The molecule has 1 aromatic heterocycles. The zero-order chi connectivity index (χ0) is 21.5. The first kappa shape index (κ1) is 21.6. The number of carbonyl (C=O) groups excluding carboxylic acids is 1.